The normalized spacial score (nSPS) is 23.4. The average Bonchev–Trinajstić information content (AvgIpc) is 3.09. The van der Waals surface area contributed by atoms with E-state index in [1.807, 2.05) is 4.90 Å². The molecular weight excluding hydrogens is 330 g/mol. The Hall–Kier alpha value is -2.15. The summed E-state index contributed by atoms with van der Waals surface area (Å²) in [5, 5.41) is 4.22. The highest BCUT2D eigenvalue weighted by molar-refractivity contribution is 6.29. The van der Waals surface area contributed by atoms with Gasteiger partial charge in [0, 0.05) is 25.2 Å². The van der Waals surface area contributed by atoms with Crippen LogP contribution < -0.4 is 4.90 Å². The van der Waals surface area contributed by atoms with Gasteiger partial charge < -0.3 is 14.3 Å². The summed E-state index contributed by atoms with van der Waals surface area (Å²) in [4.78, 5) is 25.6. The van der Waals surface area contributed by atoms with Gasteiger partial charge >= 0.3 is 0 Å². The number of fused-ring (bicyclic) bond motifs is 2. The van der Waals surface area contributed by atoms with Crippen LogP contribution in [0.25, 0.3) is 0 Å². The van der Waals surface area contributed by atoms with Crippen molar-refractivity contribution in [3.05, 3.63) is 35.1 Å². The molecular formula is C16H18ClN5O2. The minimum Gasteiger partial charge on any atom is -0.364 e. The Kier molecular flexibility index (Phi) is 3.88. The lowest BCUT2D eigenvalue weighted by Crippen LogP contribution is -2.43. The second kappa shape index (κ2) is 6.05. The van der Waals surface area contributed by atoms with Crippen molar-refractivity contribution in [1.29, 1.82) is 0 Å². The molecule has 7 nitrogen and oxygen atoms in total. The van der Waals surface area contributed by atoms with Crippen molar-refractivity contribution in [2.45, 2.75) is 38.3 Å². The number of anilines is 1. The summed E-state index contributed by atoms with van der Waals surface area (Å²) in [6.07, 6.45) is 7.63. The van der Waals surface area contributed by atoms with Crippen LogP contribution in [0, 0.1) is 6.92 Å². The Labute approximate surface area is 144 Å². The second-order valence-corrected chi connectivity index (χ2v) is 6.73. The van der Waals surface area contributed by atoms with Crippen molar-refractivity contribution >= 4 is 23.3 Å². The zero-order chi connectivity index (χ0) is 16.7. The second-order valence-electron chi connectivity index (χ2n) is 6.35. The largest absolute Gasteiger partial charge is 0.364 e. The third kappa shape index (κ3) is 2.62. The van der Waals surface area contributed by atoms with Gasteiger partial charge in [-0.05, 0) is 26.2 Å². The predicted octanol–water partition coefficient (Wildman–Crippen LogP) is 2.31. The van der Waals surface area contributed by atoms with Gasteiger partial charge in [0.1, 0.15) is 22.8 Å². The number of hydrogen-bond donors (Lipinski definition) is 0. The summed E-state index contributed by atoms with van der Waals surface area (Å²) in [6, 6.07) is 0.397. The number of amides is 1. The van der Waals surface area contributed by atoms with Crippen LogP contribution in [0.3, 0.4) is 0 Å². The smallest absolute Gasteiger partial charge is 0.259 e. The van der Waals surface area contributed by atoms with Crippen LogP contribution in [0.15, 0.2) is 23.2 Å². The maximum atomic E-state index is 13.0. The van der Waals surface area contributed by atoms with Gasteiger partial charge in [-0.3, -0.25) is 9.78 Å². The van der Waals surface area contributed by atoms with Gasteiger partial charge in [-0.15, -0.1) is 0 Å². The van der Waals surface area contributed by atoms with E-state index in [1.165, 1.54) is 12.5 Å². The molecule has 2 bridgehead atoms. The fraction of sp³-hybridized carbons (Fsp3) is 0.500. The van der Waals surface area contributed by atoms with Gasteiger partial charge in [0.2, 0.25) is 0 Å². The molecule has 24 heavy (non-hydrogen) atoms. The van der Waals surface area contributed by atoms with Crippen LogP contribution in [-0.2, 0) is 0 Å². The summed E-state index contributed by atoms with van der Waals surface area (Å²) < 4.78 is 4.94. The lowest BCUT2D eigenvalue weighted by Gasteiger charge is -2.29. The molecule has 2 fully saturated rings. The summed E-state index contributed by atoms with van der Waals surface area (Å²) >= 11 is 5.97. The fourth-order valence-electron chi connectivity index (χ4n) is 3.74. The van der Waals surface area contributed by atoms with E-state index in [9.17, 15) is 4.79 Å². The zero-order valence-electron chi connectivity index (χ0n) is 13.4. The Morgan fingerprint density at radius 1 is 1.29 bits per heavy atom. The number of aromatic nitrogens is 3. The maximum absolute atomic E-state index is 13.0. The average molecular weight is 348 g/mol. The number of halogens is 1. The highest BCUT2D eigenvalue weighted by atomic mass is 35.5. The molecule has 0 aliphatic carbocycles. The number of carbonyl (C=O) groups excluding carboxylic acids is 1. The van der Waals surface area contributed by atoms with E-state index in [1.54, 1.807) is 13.1 Å². The van der Waals surface area contributed by atoms with E-state index < -0.39 is 0 Å². The molecule has 2 aliphatic heterocycles. The molecule has 2 aromatic rings. The zero-order valence-corrected chi connectivity index (χ0v) is 14.1. The van der Waals surface area contributed by atoms with Gasteiger partial charge in [0.05, 0.1) is 18.1 Å². The predicted molar refractivity (Wildman–Crippen MR) is 88.1 cm³/mol. The topological polar surface area (TPSA) is 75.4 Å². The molecule has 2 aromatic heterocycles. The molecule has 2 atom stereocenters. The molecule has 2 aliphatic rings. The number of hydrogen-bond acceptors (Lipinski definition) is 6. The summed E-state index contributed by atoms with van der Waals surface area (Å²) in [5.41, 5.74) is 1.20. The Morgan fingerprint density at radius 2 is 2.12 bits per heavy atom. The highest BCUT2D eigenvalue weighted by Gasteiger charge is 2.41. The standard InChI is InChI=1S/C16H18ClN5O2/c1-10-13(9-24-20-10)16(23)22-11-2-3-12(22)8-21(5-4-11)15-7-18-6-14(17)19-15/h6-7,9,11-12H,2-5,8H2,1H3. The quantitative estimate of drug-likeness (QED) is 0.829. The van der Waals surface area contributed by atoms with Gasteiger partial charge in [0.25, 0.3) is 5.91 Å². The van der Waals surface area contributed by atoms with Gasteiger partial charge in [-0.2, -0.15) is 0 Å². The maximum Gasteiger partial charge on any atom is 0.259 e. The molecule has 1 amide bonds. The first kappa shape index (κ1) is 15.4. The monoisotopic (exact) mass is 347 g/mol. The van der Waals surface area contributed by atoms with Crippen molar-refractivity contribution in [2.24, 2.45) is 0 Å². The Balaban J connectivity index is 1.59. The molecule has 2 unspecified atom stereocenters. The van der Waals surface area contributed by atoms with E-state index in [0.717, 1.165) is 38.2 Å². The van der Waals surface area contributed by atoms with E-state index in [-0.39, 0.29) is 18.0 Å². The first-order valence-electron chi connectivity index (χ1n) is 8.09. The third-order valence-corrected chi connectivity index (χ3v) is 5.10. The van der Waals surface area contributed by atoms with E-state index in [4.69, 9.17) is 16.1 Å². The van der Waals surface area contributed by atoms with Crippen LogP contribution in [0.2, 0.25) is 5.15 Å². The summed E-state index contributed by atoms with van der Waals surface area (Å²) in [5.74, 6) is 0.781. The molecule has 0 radical (unpaired) electrons. The van der Waals surface area contributed by atoms with Crippen LogP contribution >= 0.6 is 11.6 Å². The number of rotatable bonds is 2. The van der Waals surface area contributed by atoms with Crippen molar-refractivity contribution in [2.75, 3.05) is 18.0 Å². The molecule has 8 heteroatoms. The van der Waals surface area contributed by atoms with E-state index in [0.29, 0.717) is 16.4 Å². The van der Waals surface area contributed by atoms with Crippen LogP contribution in [0.5, 0.6) is 0 Å². The van der Waals surface area contributed by atoms with Crippen LogP contribution in [-0.4, -0.2) is 51.1 Å². The highest BCUT2D eigenvalue weighted by Crippen LogP contribution is 2.33. The van der Waals surface area contributed by atoms with Crippen molar-refractivity contribution in [1.82, 2.24) is 20.0 Å². The van der Waals surface area contributed by atoms with Crippen LogP contribution in [0.1, 0.15) is 35.3 Å². The lowest BCUT2D eigenvalue weighted by atomic mass is 10.1. The summed E-state index contributed by atoms with van der Waals surface area (Å²) in [6.45, 7) is 3.37. The molecule has 4 rings (SSSR count). The molecule has 0 spiro atoms. The molecule has 2 saturated heterocycles. The lowest BCUT2D eigenvalue weighted by molar-refractivity contribution is 0.0680. The Morgan fingerprint density at radius 3 is 2.88 bits per heavy atom. The van der Waals surface area contributed by atoms with Crippen molar-refractivity contribution in [3.8, 4) is 0 Å². The van der Waals surface area contributed by atoms with Crippen LogP contribution in [0.4, 0.5) is 5.82 Å². The third-order valence-electron chi connectivity index (χ3n) is 4.91. The number of carbonyl (C=O) groups is 1. The fourth-order valence-corrected chi connectivity index (χ4v) is 3.88. The Bertz CT molecular complexity index is 764. The molecule has 0 aromatic carbocycles. The van der Waals surface area contributed by atoms with Gasteiger partial charge in [-0.1, -0.05) is 16.8 Å². The molecule has 126 valence electrons. The number of nitrogens with zero attached hydrogens (tertiary/aromatic N) is 5. The number of aryl methyl sites for hydroxylation is 1. The SMILES string of the molecule is Cc1nocc1C(=O)N1C2CCC1CN(c1cncc(Cl)n1)CC2. The first-order chi connectivity index (χ1) is 11.6. The minimum atomic E-state index is 0.0141. The van der Waals surface area contributed by atoms with E-state index >= 15 is 0 Å². The first-order valence-corrected chi connectivity index (χ1v) is 8.47. The molecule has 0 N–H and O–H groups in total. The van der Waals surface area contributed by atoms with Gasteiger partial charge in [0.15, 0.2) is 0 Å². The molecule has 4 heterocycles. The minimum absolute atomic E-state index is 0.0141. The summed E-state index contributed by atoms with van der Waals surface area (Å²) in [7, 11) is 0. The van der Waals surface area contributed by atoms with Crippen molar-refractivity contribution in [3.63, 3.8) is 0 Å². The molecule has 0 saturated carbocycles. The van der Waals surface area contributed by atoms with Crippen molar-refractivity contribution < 1.29 is 9.32 Å². The van der Waals surface area contributed by atoms with Gasteiger partial charge in [-0.25, -0.2) is 4.98 Å². The van der Waals surface area contributed by atoms with E-state index in [2.05, 4.69) is 20.0 Å².